The van der Waals surface area contributed by atoms with Crippen LogP contribution < -0.4 is 4.57 Å². The second-order valence-electron chi connectivity index (χ2n) is 7.89. The maximum Gasteiger partial charge on any atom is 0.215 e. The molecule has 1 aliphatic heterocycles. The van der Waals surface area contributed by atoms with Crippen molar-refractivity contribution in [2.24, 2.45) is 0 Å². The Balaban J connectivity index is 1.42. The molecule has 0 atom stereocenters. The lowest BCUT2D eigenvalue weighted by Gasteiger charge is -2.14. The lowest BCUT2D eigenvalue weighted by atomic mass is 9.83. The van der Waals surface area contributed by atoms with E-state index in [0.717, 1.165) is 15.0 Å². The molecule has 0 amide bonds. The summed E-state index contributed by atoms with van der Waals surface area (Å²) in [5.74, 6) is 0.365. The van der Waals surface area contributed by atoms with Gasteiger partial charge in [-0.05, 0) is 37.6 Å². The largest absolute Gasteiger partial charge is 0.506 e. The van der Waals surface area contributed by atoms with Crippen LogP contribution in [0.1, 0.15) is 35.5 Å². The van der Waals surface area contributed by atoms with E-state index < -0.39 is 0 Å². The zero-order chi connectivity index (χ0) is 20.0. The first-order valence-corrected chi connectivity index (χ1v) is 10.6. The molecule has 0 radical (unpaired) electrons. The van der Waals surface area contributed by atoms with Crippen molar-refractivity contribution in [1.82, 2.24) is 0 Å². The molecule has 2 aromatic carbocycles. The van der Waals surface area contributed by atoms with Crippen LogP contribution in [0.5, 0.6) is 5.75 Å². The van der Waals surface area contributed by atoms with Gasteiger partial charge in [-0.3, -0.25) is 0 Å². The highest BCUT2D eigenvalue weighted by Crippen LogP contribution is 2.38. The number of nitrogens with zero attached hydrogens (tertiary/aromatic N) is 1. The van der Waals surface area contributed by atoms with Crippen LogP contribution in [-0.4, -0.2) is 5.11 Å². The predicted octanol–water partition coefficient (Wildman–Crippen LogP) is 6.25. The second kappa shape index (κ2) is 6.71. The van der Waals surface area contributed by atoms with E-state index in [1.165, 1.54) is 22.5 Å². The molecule has 29 heavy (non-hydrogen) atoms. The van der Waals surface area contributed by atoms with Crippen molar-refractivity contribution in [3.05, 3.63) is 101 Å². The molecule has 0 saturated heterocycles. The predicted molar refractivity (Wildman–Crippen MR) is 122 cm³/mol. The van der Waals surface area contributed by atoms with Gasteiger partial charge in [-0.2, -0.15) is 4.57 Å². The summed E-state index contributed by atoms with van der Waals surface area (Å²) in [6, 6.07) is 21.0. The molecule has 2 aromatic heterocycles. The van der Waals surface area contributed by atoms with E-state index in [1.807, 2.05) is 42.5 Å². The summed E-state index contributed by atoms with van der Waals surface area (Å²) in [7, 11) is 0. The number of hydrogen-bond acceptors (Lipinski definition) is 2. The summed E-state index contributed by atoms with van der Waals surface area (Å²) >= 11 is 1.61. The topological polar surface area (TPSA) is 24.1 Å². The number of aromatic hydroxyl groups is 1. The Morgan fingerprint density at radius 1 is 0.931 bits per heavy atom. The third-order valence-corrected chi connectivity index (χ3v) is 6.82. The van der Waals surface area contributed by atoms with Gasteiger partial charge < -0.3 is 5.11 Å². The zero-order valence-corrected chi connectivity index (χ0v) is 17.3. The van der Waals surface area contributed by atoms with E-state index in [1.54, 1.807) is 11.3 Å². The third kappa shape index (κ3) is 2.90. The molecule has 0 aliphatic carbocycles. The highest BCUT2D eigenvalue weighted by molar-refractivity contribution is 7.20. The number of thiophene rings is 1. The van der Waals surface area contributed by atoms with Crippen LogP contribution in [0.15, 0.2) is 79.0 Å². The monoisotopic (exact) mass is 396 g/mol. The van der Waals surface area contributed by atoms with Gasteiger partial charge in [0, 0.05) is 33.8 Å². The Labute approximate surface area is 174 Å². The Kier molecular flexibility index (Phi) is 4.14. The Morgan fingerprint density at radius 3 is 2.55 bits per heavy atom. The molecule has 0 unspecified atom stereocenters. The van der Waals surface area contributed by atoms with Crippen LogP contribution in [0.3, 0.4) is 0 Å². The van der Waals surface area contributed by atoms with Crippen molar-refractivity contribution in [3.63, 3.8) is 0 Å². The van der Waals surface area contributed by atoms with Crippen LogP contribution in [0.4, 0.5) is 0 Å². The van der Waals surface area contributed by atoms with Gasteiger partial charge in [0.15, 0.2) is 11.9 Å². The van der Waals surface area contributed by atoms with Gasteiger partial charge in [0.1, 0.15) is 5.75 Å². The number of pyridine rings is 1. The van der Waals surface area contributed by atoms with Crippen molar-refractivity contribution in [2.75, 3.05) is 0 Å². The summed E-state index contributed by atoms with van der Waals surface area (Å²) < 4.78 is 3.39. The molecule has 0 fully saturated rings. The van der Waals surface area contributed by atoms with Crippen LogP contribution in [0, 0.1) is 0 Å². The molecule has 142 valence electrons. The average Bonchev–Trinajstić information content (AvgIpc) is 3.18. The molecule has 3 heteroatoms. The Bertz CT molecular complexity index is 1290. The molecule has 1 aliphatic rings. The first-order chi connectivity index (χ1) is 14.1. The quantitative estimate of drug-likeness (QED) is 0.321. The first kappa shape index (κ1) is 17.9. The van der Waals surface area contributed by atoms with Crippen molar-refractivity contribution >= 4 is 33.6 Å². The number of allylic oxidation sites excluding steroid dienone is 2. The summed E-state index contributed by atoms with van der Waals surface area (Å²) in [5, 5.41) is 11.3. The van der Waals surface area contributed by atoms with Gasteiger partial charge in [0.2, 0.25) is 5.69 Å². The minimum Gasteiger partial charge on any atom is -0.506 e. The molecule has 0 spiro atoms. The Morgan fingerprint density at radius 2 is 1.69 bits per heavy atom. The maximum absolute atomic E-state index is 10.4. The zero-order valence-electron chi connectivity index (χ0n) is 16.5. The van der Waals surface area contributed by atoms with Crippen LogP contribution in [0.25, 0.3) is 27.9 Å². The highest BCUT2D eigenvalue weighted by Gasteiger charge is 2.43. The highest BCUT2D eigenvalue weighted by atomic mass is 32.1. The molecule has 0 bridgehead atoms. The van der Waals surface area contributed by atoms with Gasteiger partial charge in [0.05, 0.1) is 10.3 Å². The third-order valence-electron chi connectivity index (χ3n) is 5.70. The maximum atomic E-state index is 10.4. The molecule has 4 aromatic rings. The fourth-order valence-corrected chi connectivity index (χ4v) is 5.15. The lowest BCUT2D eigenvalue weighted by Crippen LogP contribution is -2.34. The fourth-order valence-electron chi connectivity index (χ4n) is 4.14. The van der Waals surface area contributed by atoms with E-state index in [4.69, 9.17) is 0 Å². The standard InChI is InChI=1S/C26H21NOS/c1-26(2)20-11-5-6-12-21(20)27-16-15-18(17-24(26)27)9-3-7-14-23-25(28)19-10-4-8-13-22(19)29-23/h3-17H,1-2H3/p+1. The smallest absolute Gasteiger partial charge is 0.215 e. The minimum absolute atomic E-state index is 0.0147. The summed E-state index contributed by atoms with van der Waals surface area (Å²) in [6.45, 7) is 4.56. The first-order valence-electron chi connectivity index (χ1n) is 9.77. The van der Waals surface area contributed by atoms with Crippen LogP contribution in [-0.2, 0) is 5.41 Å². The van der Waals surface area contributed by atoms with Crippen LogP contribution in [0.2, 0.25) is 0 Å². The molecular formula is C26H22NOS+. The lowest BCUT2D eigenvalue weighted by molar-refractivity contribution is -0.599. The second-order valence-corrected chi connectivity index (χ2v) is 8.97. The normalized spacial score (nSPS) is 14.7. The number of benzene rings is 2. The van der Waals surface area contributed by atoms with Gasteiger partial charge in [-0.1, -0.05) is 48.6 Å². The van der Waals surface area contributed by atoms with Gasteiger partial charge in [0.25, 0.3) is 0 Å². The molecule has 3 heterocycles. The van der Waals surface area contributed by atoms with E-state index in [2.05, 4.69) is 67.1 Å². The van der Waals surface area contributed by atoms with E-state index in [9.17, 15) is 5.11 Å². The number of rotatable bonds is 3. The molecule has 2 nitrogen and oxygen atoms in total. The summed E-state index contributed by atoms with van der Waals surface area (Å²) in [6.07, 6.45) is 10.3. The van der Waals surface area contributed by atoms with Gasteiger partial charge >= 0.3 is 0 Å². The van der Waals surface area contributed by atoms with Crippen molar-refractivity contribution in [2.45, 2.75) is 19.3 Å². The van der Waals surface area contributed by atoms with Crippen molar-refractivity contribution in [1.29, 1.82) is 0 Å². The molecule has 0 saturated carbocycles. The van der Waals surface area contributed by atoms with E-state index in [-0.39, 0.29) is 5.41 Å². The number of hydrogen-bond donors (Lipinski definition) is 1. The summed E-state index contributed by atoms with van der Waals surface area (Å²) in [4.78, 5) is 0.886. The minimum atomic E-state index is -0.0147. The SMILES string of the molecule is CC1(C)c2ccccc2-[n+]2ccc(/C=C/C=C/c3sc4ccccc4c3O)cc21. The number of para-hydroxylation sites is 1. The van der Waals surface area contributed by atoms with E-state index in [0.29, 0.717) is 5.75 Å². The average molecular weight is 397 g/mol. The number of fused-ring (bicyclic) bond motifs is 4. The van der Waals surface area contributed by atoms with Crippen molar-refractivity contribution < 1.29 is 9.67 Å². The molecule has 5 rings (SSSR count). The number of aromatic nitrogens is 1. The fraction of sp³-hybridized carbons (Fsp3) is 0.115. The van der Waals surface area contributed by atoms with Gasteiger partial charge in [-0.25, -0.2) is 0 Å². The van der Waals surface area contributed by atoms with Crippen LogP contribution >= 0.6 is 11.3 Å². The van der Waals surface area contributed by atoms with Gasteiger partial charge in [-0.15, -0.1) is 11.3 Å². The van der Waals surface area contributed by atoms with E-state index >= 15 is 0 Å². The molecule has 1 N–H and O–H groups in total. The Hall–Kier alpha value is -3.17. The summed E-state index contributed by atoms with van der Waals surface area (Å²) in [5.41, 5.74) is 5.08. The molecular weight excluding hydrogens is 374 g/mol. The van der Waals surface area contributed by atoms with Crippen molar-refractivity contribution in [3.8, 4) is 11.4 Å².